The van der Waals surface area contributed by atoms with E-state index >= 15 is 0 Å². The van der Waals surface area contributed by atoms with E-state index < -0.39 is 0 Å². The molecule has 0 unspecified atom stereocenters. The Hall–Kier alpha value is -2.70. The van der Waals surface area contributed by atoms with Crippen molar-refractivity contribution in [2.75, 3.05) is 38.2 Å². The number of aromatic nitrogens is 2. The summed E-state index contributed by atoms with van der Waals surface area (Å²) in [4.78, 5) is 36.0. The predicted molar refractivity (Wildman–Crippen MR) is 89.6 cm³/mol. The van der Waals surface area contributed by atoms with Crippen LogP contribution in [0.25, 0.3) is 10.9 Å². The fourth-order valence-electron chi connectivity index (χ4n) is 2.88. The van der Waals surface area contributed by atoms with Crippen LogP contribution in [0.2, 0.25) is 0 Å². The summed E-state index contributed by atoms with van der Waals surface area (Å²) in [6, 6.07) is 7.91. The summed E-state index contributed by atoms with van der Waals surface area (Å²) in [7, 11) is 1.33. The summed E-state index contributed by atoms with van der Waals surface area (Å²) in [6.07, 6.45) is 1.90. The van der Waals surface area contributed by atoms with Crippen molar-refractivity contribution < 1.29 is 14.3 Å². The van der Waals surface area contributed by atoms with Gasteiger partial charge in [0.1, 0.15) is 12.1 Å². The number of rotatable bonds is 4. The standard InChI is InChI=1S/C17H20N4O3/c1-24-16(23)7-6-15(22)20-8-10-21(11-9-20)17-13-4-2-3-5-14(13)18-12-19-17/h2-5,12H,6-11H2,1H3. The van der Waals surface area contributed by atoms with Gasteiger partial charge in [0.25, 0.3) is 0 Å². The van der Waals surface area contributed by atoms with E-state index in [0.717, 1.165) is 16.7 Å². The van der Waals surface area contributed by atoms with E-state index in [0.29, 0.717) is 26.2 Å². The highest BCUT2D eigenvalue weighted by Gasteiger charge is 2.23. The number of nitrogens with zero attached hydrogens (tertiary/aromatic N) is 4. The molecule has 0 N–H and O–H groups in total. The molecular weight excluding hydrogens is 308 g/mol. The number of fused-ring (bicyclic) bond motifs is 1. The van der Waals surface area contributed by atoms with Crippen molar-refractivity contribution in [1.29, 1.82) is 0 Å². The van der Waals surface area contributed by atoms with Crippen molar-refractivity contribution in [2.45, 2.75) is 12.8 Å². The molecule has 1 fully saturated rings. The van der Waals surface area contributed by atoms with Crippen LogP contribution in [0.5, 0.6) is 0 Å². The van der Waals surface area contributed by atoms with Crippen molar-refractivity contribution in [1.82, 2.24) is 14.9 Å². The fraction of sp³-hybridized carbons (Fsp3) is 0.412. The number of ether oxygens (including phenoxy) is 1. The van der Waals surface area contributed by atoms with Gasteiger partial charge in [-0.1, -0.05) is 12.1 Å². The van der Waals surface area contributed by atoms with Crippen LogP contribution in [-0.4, -0.2) is 60.0 Å². The zero-order chi connectivity index (χ0) is 16.9. The molecule has 7 heteroatoms. The molecular formula is C17H20N4O3. The van der Waals surface area contributed by atoms with E-state index in [1.807, 2.05) is 24.3 Å². The molecule has 1 aromatic carbocycles. The van der Waals surface area contributed by atoms with Crippen molar-refractivity contribution >= 4 is 28.6 Å². The Morgan fingerprint density at radius 3 is 2.58 bits per heavy atom. The number of benzene rings is 1. The van der Waals surface area contributed by atoms with E-state index in [4.69, 9.17) is 0 Å². The summed E-state index contributed by atoms with van der Waals surface area (Å²) < 4.78 is 4.57. The number of hydrogen-bond acceptors (Lipinski definition) is 6. The Balaban J connectivity index is 1.62. The lowest BCUT2D eigenvalue weighted by molar-refractivity contribution is -0.143. The highest BCUT2D eigenvalue weighted by Crippen LogP contribution is 2.23. The van der Waals surface area contributed by atoms with Crippen LogP contribution >= 0.6 is 0 Å². The van der Waals surface area contributed by atoms with E-state index in [1.165, 1.54) is 7.11 Å². The van der Waals surface area contributed by atoms with Gasteiger partial charge < -0.3 is 14.5 Å². The molecule has 0 saturated carbocycles. The molecule has 2 heterocycles. The lowest BCUT2D eigenvalue weighted by Gasteiger charge is -2.35. The van der Waals surface area contributed by atoms with Crippen LogP contribution in [0.4, 0.5) is 5.82 Å². The molecule has 1 aromatic heterocycles. The van der Waals surface area contributed by atoms with Gasteiger partial charge in [-0.15, -0.1) is 0 Å². The Labute approximate surface area is 140 Å². The van der Waals surface area contributed by atoms with Crippen LogP contribution in [0, 0.1) is 0 Å². The van der Waals surface area contributed by atoms with Crippen molar-refractivity contribution in [2.24, 2.45) is 0 Å². The molecule has 0 radical (unpaired) electrons. The number of piperazine rings is 1. The monoisotopic (exact) mass is 328 g/mol. The van der Waals surface area contributed by atoms with Crippen LogP contribution in [-0.2, 0) is 14.3 Å². The maximum Gasteiger partial charge on any atom is 0.306 e. The number of amides is 1. The van der Waals surface area contributed by atoms with Crippen molar-refractivity contribution in [3.63, 3.8) is 0 Å². The highest BCUT2D eigenvalue weighted by molar-refractivity contribution is 5.89. The number of anilines is 1. The van der Waals surface area contributed by atoms with Gasteiger partial charge in [0.2, 0.25) is 5.91 Å². The van der Waals surface area contributed by atoms with E-state index in [1.54, 1.807) is 11.2 Å². The Bertz CT molecular complexity index is 736. The second-order valence-corrected chi connectivity index (χ2v) is 5.66. The third kappa shape index (κ3) is 3.45. The van der Waals surface area contributed by atoms with Crippen LogP contribution in [0.1, 0.15) is 12.8 Å². The fourth-order valence-corrected chi connectivity index (χ4v) is 2.88. The first-order valence-electron chi connectivity index (χ1n) is 7.98. The normalized spacial score (nSPS) is 14.7. The molecule has 0 bridgehead atoms. The molecule has 0 spiro atoms. The molecule has 7 nitrogen and oxygen atoms in total. The topological polar surface area (TPSA) is 75.6 Å². The molecule has 1 aliphatic heterocycles. The maximum atomic E-state index is 12.1. The predicted octanol–water partition coefficient (Wildman–Crippen LogP) is 1.23. The largest absolute Gasteiger partial charge is 0.469 e. The second kappa shape index (κ2) is 7.25. The Kier molecular flexibility index (Phi) is 4.88. The highest BCUT2D eigenvalue weighted by atomic mass is 16.5. The summed E-state index contributed by atoms with van der Waals surface area (Å²) in [5.74, 6) is 0.546. The van der Waals surface area contributed by atoms with Crippen molar-refractivity contribution in [3.05, 3.63) is 30.6 Å². The molecule has 1 saturated heterocycles. The Morgan fingerprint density at radius 2 is 1.83 bits per heavy atom. The number of methoxy groups -OCH3 is 1. The van der Waals surface area contributed by atoms with Gasteiger partial charge >= 0.3 is 5.97 Å². The number of para-hydroxylation sites is 1. The van der Waals surface area contributed by atoms with Gasteiger partial charge in [0, 0.05) is 38.0 Å². The molecule has 0 aliphatic carbocycles. The smallest absolute Gasteiger partial charge is 0.306 e. The van der Waals surface area contributed by atoms with E-state index in [9.17, 15) is 9.59 Å². The van der Waals surface area contributed by atoms with Crippen LogP contribution < -0.4 is 4.90 Å². The second-order valence-electron chi connectivity index (χ2n) is 5.66. The van der Waals surface area contributed by atoms with Gasteiger partial charge in [0.15, 0.2) is 0 Å². The SMILES string of the molecule is COC(=O)CCC(=O)N1CCN(c2ncnc3ccccc23)CC1. The first-order valence-corrected chi connectivity index (χ1v) is 7.98. The molecule has 1 amide bonds. The quantitative estimate of drug-likeness (QED) is 0.786. The zero-order valence-corrected chi connectivity index (χ0v) is 13.6. The molecule has 1 aliphatic rings. The number of hydrogen-bond donors (Lipinski definition) is 0. The van der Waals surface area contributed by atoms with Crippen LogP contribution in [0.3, 0.4) is 0 Å². The number of carbonyl (C=O) groups excluding carboxylic acids is 2. The molecule has 0 atom stereocenters. The molecule has 126 valence electrons. The van der Waals surface area contributed by atoms with E-state index in [-0.39, 0.29) is 24.7 Å². The first kappa shape index (κ1) is 16.2. The summed E-state index contributed by atoms with van der Waals surface area (Å²) in [6.45, 7) is 2.67. The van der Waals surface area contributed by atoms with Gasteiger partial charge in [-0.05, 0) is 12.1 Å². The molecule has 3 rings (SSSR count). The summed E-state index contributed by atoms with van der Waals surface area (Å²) in [5, 5.41) is 1.02. The average molecular weight is 328 g/mol. The number of carbonyl (C=O) groups is 2. The molecule has 24 heavy (non-hydrogen) atoms. The molecule has 2 aromatic rings. The van der Waals surface area contributed by atoms with Gasteiger partial charge in [-0.2, -0.15) is 0 Å². The Morgan fingerprint density at radius 1 is 1.08 bits per heavy atom. The van der Waals surface area contributed by atoms with E-state index in [2.05, 4.69) is 19.6 Å². The lowest BCUT2D eigenvalue weighted by atomic mass is 10.2. The first-order chi connectivity index (χ1) is 11.7. The summed E-state index contributed by atoms with van der Waals surface area (Å²) >= 11 is 0. The van der Waals surface area contributed by atoms with Crippen LogP contribution in [0.15, 0.2) is 30.6 Å². The minimum atomic E-state index is -0.352. The van der Waals surface area contributed by atoms with Crippen molar-refractivity contribution in [3.8, 4) is 0 Å². The third-order valence-electron chi connectivity index (χ3n) is 4.22. The minimum absolute atomic E-state index is 0.00686. The zero-order valence-electron chi connectivity index (χ0n) is 13.6. The lowest BCUT2D eigenvalue weighted by Crippen LogP contribution is -2.49. The number of esters is 1. The average Bonchev–Trinajstić information content (AvgIpc) is 2.65. The maximum absolute atomic E-state index is 12.1. The van der Waals surface area contributed by atoms with Gasteiger partial charge in [0.05, 0.1) is 19.0 Å². The van der Waals surface area contributed by atoms with Gasteiger partial charge in [-0.3, -0.25) is 9.59 Å². The minimum Gasteiger partial charge on any atom is -0.469 e. The third-order valence-corrected chi connectivity index (χ3v) is 4.22. The summed E-state index contributed by atoms with van der Waals surface area (Å²) in [5.41, 5.74) is 0.916. The van der Waals surface area contributed by atoms with Gasteiger partial charge in [-0.25, -0.2) is 9.97 Å².